The van der Waals surface area contributed by atoms with Gasteiger partial charge in [-0.25, -0.2) is 8.42 Å². The van der Waals surface area contributed by atoms with Crippen LogP contribution in [0.3, 0.4) is 0 Å². The molecule has 0 radical (unpaired) electrons. The van der Waals surface area contributed by atoms with Gasteiger partial charge in [0.1, 0.15) is 21.6 Å². The Morgan fingerprint density at radius 2 is 1.63 bits per heavy atom. The predicted molar refractivity (Wildman–Crippen MR) is 90.8 cm³/mol. The zero-order valence-corrected chi connectivity index (χ0v) is 16.8. The van der Waals surface area contributed by atoms with Gasteiger partial charge in [0, 0.05) is 17.5 Å². The zero-order valence-electron chi connectivity index (χ0n) is 13.9. The Morgan fingerprint density at radius 1 is 0.963 bits per heavy atom. The van der Waals surface area contributed by atoms with Crippen LogP contribution >= 0.6 is 0 Å². The van der Waals surface area contributed by atoms with Crippen LogP contribution in [0.2, 0.25) is 0 Å². The number of phenolic OH excluding ortho intramolecular Hbond substituents is 1. The summed E-state index contributed by atoms with van der Waals surface area (Å²) >= 11 is 0. The number of phenols is 1. The number of nitro benzene ring substituents is 1. The fraction of sp³-hybridized carbons (Fsp3) is 0. The summed E-state index contributed by atoms with van der Waals surface area (Å²) in [7, 11) is -4.61. The van der Waals surface area contributed by atoms with Crippen molar-refractivity contribution in [2.24, 2.45) is 10.2 Å². The minimum absolute atomic E-state index is 0. The SMILES string of the molecule is O=[N+]([O-])c1ccc(N=Nc2c(O)ccc3cc(S(=O)(=O)[O-])ccc23)cc1.[Na+]. The van der Waals surface area contributed by atoms with Gasteiger partial charge in [-0.05, 0) is 35.7 Å². The zero-order chi connectivity index (χ0) is 18.9. The number of non-ortho nitro benzene ring substituents is 1. The molecule has 132 valence electrons. The molecule has 0 atom stereocenters. The van der Waals surface area contributed by atoms with E-state index in [-0.39, 0.29) is 46.7 Å². The average Bonchev–Trinajstić information content (AvgIpc) is 2.60. The Labute approximate surface area is 175 Å². The van der Waals surface area contributed by atoms with Crippen molar-refractivity contribution in [3.63, 3.8) is 0 Å². The summed E-state index contributed by atoms with van der Waals surface area (Å²) in [6, 6.07) is 11.7. The first-order valence-electron chi connectivity index (χ1n) is 7.13. The van der Waals surface area contributed by atoms with E-state index >= 15 is 0 Å². The Hall–Kier alpha value is -2.37. The molecule has 0 aliphatic rings. The van der Waals surface area contributed by atoms with Crippen molar-refractivity contribution in [2.75, 3.05) is 0 Å². The van der Waals surface area contributed by atoms with E-state index in [1.54, 1.807) is 0 Å². The Kier molecular flexibility index (Phi) is 6.29. The second kappa shape index (κ2) is 8.11. The van der Waals surface area contributed by atoms with E-state index in [1.165, 1.54) is 48.5 Å². The molecule has 3 aromatic rings. The van der Waals surface area contributed by atoms with E-state index in [1.807, 2.05) is 0 Å². The van der Waals surface area contributed by atoms with Gasteiger partial charge in [-0.15, -0.1) is 5.11 Å². The van der Waals surface area contributed by atoms with E-state index in [9.17, 15) is 28.2 Å². The van der Waals surface area contributed by atoms with Gasteiger partial charge in [0.25, 0.3) is 5.69 Å². The second-order valence-electron chi connectivity index (χ2n) is 5.24. The van der Waals surface area contributed by atoms with Crippen molar-refractivity contribution in [1.29, 1.82) is 0 Å². The first-order valence-corrected chi connectivity index (χ1v) is 8.54. The molecule has 0 amide bonds. The Morgan fingerprint density at radius 3 is 2.22 bits per heavy atom. The normalized spacial score (nSPS) is 11.4. The summed E-state index contributed by atoms with van der Waals surface area (Å²) in [5.74, 6) is -0.194. The number of hydrogen-bond donors (Lipinski definition) is 1. The number of azo groups is 1. The molecule has 0 aromatic heterocycles. The van der Waals surface area contributed by atoms with Crippen molar-refractivity contribution in [1.82, 2.24) is 0 Å². The van der Waals surface area contributed by atoms with Crippen LogP contribution < -0.4 is 29.6 Å². The molecule has 0 saturated carbocycles. The first kappa shape index (κ1) is 20.9. The second-order valence-corrected chi connectivity index (χ2v) is 6.62. The fourth-order valence-electron chi connectivity index (χ4n) is 2.29. The van der Waals surface area contributed by atoms with E-state index in [2.05, 4.69) is 10.2 Å². The molecule has 0 unspecified atom stereocenters. The summed E-state index contributed by atoms with van der Waals surface area (Å²) in [4.78, 5) is 9.70. The van der Waals surface area contributed by atoms with Crippen LogP contribution in [-0.2, 0) is 10.1 Å². The summed E-state index contributed by atoms with van der Waals surface area (Å²) in [6.45, 7) is 0. The maximum atomic E-state index is 11.1. The van der Waals surface area contributed by atoms with Crippen LogP contribution in [0, 0.1) is 10.1 Å². The molecule has 0 heterocycles. The van der Waals surface area contributed by atoms with Gasteiger partial charge in [0.2, 0.25) is 0 Å². The molecule has 0 fully saturated rings. The molecule has 0 spiro atoms. The minimum atomic E-state index is -4.61. The van der Waals surface area contributed by atoms with E-state index in [4.69, 9.17) is 0 Å². The largest absolute Gasteiger partial charge is 1.00 e. The van der Waals surface area contributed by atoms with Crippen LogP contribution in [0.25, 0.3) is 10.8 Å². The summed E-state index contributed by atoms with van der Waals surface area (Å²) in [5.41, 5.74) is 0.310. The average molecular weight is 395 g/mol. The van der Waals surface area contributed by atoms with Crippen LogP contribution in [-0.4, -0.2) is 23.0 Å². The third-order valence-corrected chi connectivity index (χ3v) is 4.39. The maximum absolute atomic E-state index is 11.1. The van der Waals surface area contributed by atoms with Crippen LogP contribution in [0.15, 0.2) is 69.7 Å². The van der Waals surface area contributed by atoms with Crippen molar-refractivity contribution in [3.8, 4) is 5.75 Å². The maximum Gasteiger partial charge on any atom is 1.00 e. The van der Waals surface area contributed by atoms with E-state index in [0.29, 0.717) is 16.5 Å². The summed E-state index contributed by atoms with van der Waals surface area (Å²) in [5, 5.41) is 29.3. The molecule has 11 heteroatoms. The number of nitrogens with zero attached hydrogens (tertiary/aromatic N) is 3. The van der Waals surface area contributed by atoms with Gasteiger partial charge in [0.05, 0.1) is 15.5 Å². The van der Waals surface area contributed by atoms with Gasteiger partial charge in [-0.1, -0.05) is 12.1 Å². The molecule has 1 N–H and O–H groups in total. The quantitative estimate of drug-likeness (QED) is 0.227. The van der Waals surface area contributed by atoms with Crippen molar-refractivity contribution in [3.05, 3.63) is 64.7 Å². The number of nitro groups is 1. The minimum Gasteiger partial charge on any atom is -0.744 e. The summed E-state index contributed by atoms with van der Waals surface area (Å²) in [6.07, 6.45) is 0. The monoisotopic (exact) mass is 395 g/mol. The molecule has 27 heavy (non-hydrogen) atoms. The Bertz CT molecular complexity index is 1150. The third kappa shape index (κ3) is 4.67. The molecule has 9 nitrogen and oxygen atoms in total. The first-order chi connectivity index (χ1) is 12.3. The van der Waals surface area contributed by atoms with E-state index in [0.717, 1.165) is 6.07 Å². The fourth-order valence-corrected chi connectivity index (χ4v) is 2.80. The number of fused-ring (bicyclic) bond motifs is 1. The molecule has 3 rings (SSSR count). The Balaban J connectivity index is 0.00000261. The van der Waals surface area contributed by atoms with Crippen molar-refractivity contribution in [2.45, 2.75) is 4.90 Å². The number of aromatic hydroxyl groups is 1. The molecule has 0 aliphatic heterocycles. The molecular formula is C16H10N3NaO6S. The summed E-state index contributed by atoms with van der Waals surface area (Å²) < 4.78 is 33.4. The van der Waals surface area contributed by atoms with Crippen LogP contribution in [0.4, 0.5) is 17.1 Å². The molecule has 0 aliphatic carbocycles. The molecule has 3 aromatic carbocycles. The van der Waals surface area contributed by atoms with Crippen LogP contribution in [0.5, 0.6) is 5.75 Å². The van der Waals surface area contributed by atoms with Gasteiger partial charge < -0.3 is 9.66 Å². The number of rotatable bonds is 4. The number of hydrogen-bond acceptors (Lipinski definition) is 8. The van der Waals surface area contributed by atoms with Crippen LogP contribution in [0.1, 0.15) is 0 Å². The van der Waals surface area contributed by atoms with Crippen molar-refractivity contribution >= 4 is 38.0 Å². The predicted octanol–water partition coefficient (Wildman–Crippen LogP) is 0.777. The van der Waals surface area contributed by atoms with E-state index < -0.39 is 19.9 Å². The standard InChI is InChI=1S/C16H11N3O6S.Na/c20-15-8-1-10-9-13(26(23,24)25)6-7-14(10)16(15)18-17-11-2-4-12(5-3-11)19(21)22;/h1-9,20H,(H,23,24,25);/q;+1/p-1. The van der Waals surface area contributed by atoms with Gasteiger partial charge in [-0.3, -0.25) is 10.1 Å². The van der Waals surface area contributed by atoms with Crippen molar-refractivity contribution < 1.29 is 52.6 Å². The smallest absolute Gasteiger partial charge is 0.744 e. The molecule has 0 saturated heterocycles. The molecular weight excluding hydrogens is 385 g/mol. The molecule has 0 bridgehead atoms. The van der Waals surface area contributed by atoms with Gasteiger partial charge >= 0.3 is 29.6 Å². The topological polar surface area (TPSA) is 145 Å². The van der Waals surface area contributed by atoms with Gasteiger partial charge in [-0.2, -0.15) is 5.11 Å². The van der Waals surface area contributed by atoms with Gasteiger partial charge in [0.15, 0.2) is 0 Å². The number of benzene rings is 3. The third-order valence-electron chi connectivity index (χ3n) is 3.56.